The van der Waals surface area contributed by atoms with Gasteiger partial charge in [0.1, 0.15) is 24.5 Å². The minimum Gasteiger partial charge on any atom is -0.487 e. The number of fused-ring (bicyclic) bond motifs is 2. The minimum atomic E-state index is -0.330. The van der Waals surface area contributed by atoms with Crippen LogP contribution < -0.4 is 15.6 Å². The quantitative estimate of drug-likeness (QED) is 0.437. The summed E-state index contributed by atoms with van der Waals surface area (Å²) in [5.74, 6) is 0.272. The van der Waals surface area contributed by atoms with Gasteiger partial charge in [-0.05, 0) is 42.8 Å². The first-order valence-electron chi connectivity index (χ1n) is 10.5. The average molecular weight is 439 g/mol. The molecule has 33 heavy (non-hydrogen) atoms. The van der Waals surface area contributed by atoms with Crippen molar-refractivity contribution in [3.05, 3.63) is 101 Å². The Morgan fingerprint density at radius 1 is 1.09 bits per heavy atom. The number of pyridine rings is 1. The van der Waals surface area contributed by atoms with Crippen LogP contribution in [0.2, 0.25) is 0 Å². The first-order valence-corrected chi connectivity index (χ1v) is 10.5. The molecule has 0 aliphatic heterocycles. The van der Waals surface area contributed by atoms with Gasteiger partial charge in [0.05, 0.1) is 22.9 Å². The molecule has 1 amide bonds. The van der Waals surface area contributed by atoms with Crippen molar-refractivity contribution in [2.24, 2.45) is 0 Å². The molecule has 0 spiro atoms. The predicted molar refractivity (Wildman–Crippen MR) is 125 cm³/mol. The monoisotopic (exact) mass is 439 g/mol. The van der Waals surface area contributed by atoms with Gasteiger partial charge in [-0.25, -0.2) is 9.97 Å². The maximum Gasteiger partial charge on any atom is 0.261 e. The van der Waals surface area contributed by atoms with Gasteiger partial charge in [-0.3, -0.25) is 14.2 Å². The van der Waals surface area contributed by atoms with E-state index in [1.165, 1.54) is 10.9 Å². The Hall–Kier alpha value is -4.46. The van der Waals surface area contributed by atoms with E-state index in [9.17, 15) is 9.59 Å². The van der Waals surface area contributed by atoms with E-state index in [1.807, 2.05) is 60.1 Å². The standard InChI is InChI=1S/C25H21N5O3/c1-17-6-4-9-21-24(17)26-16-30(25(21)32)14-23(31)28-18-7-5-8-20(12-18)33-15-19-13-29-11-3-2-10-22(29)27-19/h2-13,16H,14-15H2,1H3,(H,28,31). The Labute approximate surface area is 189 Å². The summed E-state index contributed by atoms with van der Waals surface area (Å²) in [6.07, 6.45) is 5.25. The summed E-state index contributed by atoms with van der Waals surface area (Å²) in [6.45, 7) is 2.06. The highest BCUT2D eigenvalue weighted by Gasteiger charge is 2.10. The summed E-state index contributed by atoms with van der Waals surface area (Å²) in [6, 6.07) is 18.3. The molecule has 5 rings (SSSR count). The number of ether oxygens (including phenoxy) is 1. The smallest absolute Gasteiger partial charge is 0.261 e. The van der Waals surface area contributed by atoms with Crippen LogP contribution in [-0.2, 0) is 17.9 Å². The van der Waals surface area contributed by atoms with Crippen LogP contribution in [0.4, 0.5) is 5.69 Å². The summed E-state index contributed by atoms with van der Waals surface area (Å²) in [4.78, 5) is 34.1. The molecule has 0 aliphatic carbocycles. The highest BCUT2D eigenvalue weighted by atomic mass is 16.5. The van der Waals surface area contributed by atoms with E-state index in [0.717, 1.165) is 16.9 Å². The van der Waals surface area contributed by atoms with Crippen LogP contribution in [0.25, 0.3) is 16.6 Å². The van der Waals surface area contributed by atoms with Gasteiger partial charge in [0.25, 0.3) is 5.56 Å². The lowest BCUT2D eigenvalue weighted by molar-refractivity contribution is -0.116. The largest absolute Gasteiger partial charge is 0.487 e. The van der Waals surface area contributed by atoms with Crippen LogP contribution in [0.5, 0.6) is 5.75 Å². The van der Waals surface area contributed by atoms with Crippen molar-refractivity contribution in [2.75, 3.05) is 5.32 Å². The van der Waals surface area contributed by atoms with Gasteiger partial charge in [-0.2, -0.15) is 0 Å². The SMILES string of the molecule is Cc1cccc2c(=O)n(CC(=O)Nc3cccc(OCc4cn5ccccc5n4)c3)cnc12. The van der Waals surface area contributed by atoms with Crippen molar-refractivity contribution in [1.29, 1.82) is 0 Å². The zero-order valence-corrected chi connectivity index (χ0v) is 17.9. The maximum atomic E-state index is 12.7. The third-order valence-electron chi connectivity index (χ3n) is 5.29. The number of imidazole rings is 1. The fourth-order valence-electron chi connectivity index (χ4n) is 3.68. The number of nitrogens with one attached hydrogen (secondary N) is 1. The Morgan fingerprint density at radius 2 is 1.97 bits per heavy atom. The molecule has 0 radical (unpaired) electrons. The van der Waals surface area contributed by atoms with Crippen molar-refractivity contribution in [2.45, 2.75) is 20.1 Å². The number of rotatable bonds is 6. The second-order valence-electron chi connectivity index (χ2n) is 7.71. The van der Waals surface area contributed by atoms with Crippen molar-refractivity contribution in [3.63, 3.8) is 0 Å². The molecule has 3 heterocycles. The normalized spacial score (nSPS) is 11.1. The number of aryl methyl sites for hydroxylation is 1. The van der Waals surface area contributed by atoms with E-state index in [1.54, 1.807) is 24.3 Å². The van der Waals surface area contributed by atoms with E-state index < -0.39 is 0 Å². The zero-order chi connectivity index (χ0) is 22.8. The van der Waals surface area contributed by atoms with Crippen LogP contribution >= 0.6 is 0 Å². The summed E-state index contributed by atoms with van der Waals surface area (Å²) >= 11 is 0. The van der Waals surface area contributed by atoms with E-state index in [4.69, 9.17) is 4.74 Å². The van der Waals surface area contributed by atoms with E-state index in [0.29, 0.717) is 28.9 Å². The van der Waals surface area contributed by atoms with Crippen LogP contribution in [0.15, 0.2) is 84.2 Å². The van der Waals surface area contributed by atoms with Crippen LogP contribution in [0.1, 0.15) is 11.3 Å². The van der Waals surface area contributed by atoms with Crippen LogP contribution in [-0.4, -0.2) is 24.8 Å². The lowest BCUT2D eigenvalue weighted by Gasteiger charge is -2.10. The summed E-state index contributed by atoms with van der Waals surface area (Å²) in [5.41, 5.74) is 3.55. The number of anilines is 1. The second kappa shape index (κ2) is 8.58. The number of hydrogen-bond acceptors (Lipinski definition) is 5. The van der Waals surface area contributed by atoms with E-state index in [2.05, 4.69) is 15.3 Å². The van der Waals surface area contributed by atoms with Crippen molar-refractivity contribution in [3.8, 4) is 5.75 Å². The molecule has 0 atom stereocenters. The molecule has 0 fully saturated rings. The molecule has 1 N–H and O–H groups in total. The molecule has 8 nitrogen and oxygen atoms in total. The molecular formula is C25H21N5O3. The molecule has 5 aromatic rings. The molecule has 0 unspecified atom stereocenters. The van der Waals surface area contributed by atoms with Crippen LogP contribution in [0.3, 0.4) is 0 Å². The van der Waals surface area contributed by atoms with Gasteiger partial charge in [-0.1, -0.05) is 24.3 Å². The van der Waals surface area contributed by atoms with E-state index in [-0.39, 0.29) is 18.0 Å². The fourth-order valence-corrected chi connectivity index (χ4v) is 3.68. The number of carbonyl (C=O) groups is 1. The third kappa shape index (κ3) is 4.31. The molecule has 0 saturated heterocycles. The van der Waals surface area contributed by atoms with Gasteiger partial charge in [0, 0.05) is 24.1 Å². The zero-order valence-electron chi connectivity index (χ0n) is 17.9. The fraction of sp³-hybridized carbons (Fsp3) is 0.120. The number of para-hydroxylation sites is 1. The molecular weight excluding hydrogens is 418 g/mol. The Morgan fingerprint density at radius 3 is 2.85 bits per heavy atom. The molecule has 164 valence electrons. The summed E-state index contributed by atoms with van der Waals surface area (Å²) in [5, 5.41) is 3.30. The van der Waals surface area contributed by atoms with Gasteiger partial charge in [-0.15, -0.1) is 0 Å². The Balaban J connectivity index is 1.25. The maximum absolute atomic E-state index is 12.7. The first kappa shape index (κ1) is 20.4. The van der Waals surface area contributed by atoms with Gasteiger partial charge < -0.3 is 14.5 Å². The third-order valence-corrected chi connectivity index (χ3v) is 5.29. The molecule has 0 saturated carbocycles. The number of benzene rings is 2. The lowest BCUT2D eigenvalue weighted by atomic mass is 10.1. The summed E-state index contributed by atoms with van der Waals surface area (Å²) < 4.78 is 9.09. The van der Waals surface area contributed by atoms with Crippen LogP contribution in [0, 0.1) is 6.92 Å². The number of carbonyl (C=O) groups excluding carboxylic acids is 1. The van der Waals surface area contributed by atoms with E-state index >= 15 is 0 Å². The number of aromatic nitrogens is 4. The average Bonchev–Trinajstić information content (AvgIpc) is 3.23. The lowest BCUT2D eigenvalue weighted by Crippen LogP contribution is -2.28. The number of amides is 1. The summed E-state index contributed by atoms with van der Waals surface area (Å²) in [7, 11) is 0. The van der Waals surface area contributed by atoms with Gasteiger partial charge in [0.2, 0.25) is 5.91 Å². The van der Waals surface area contributed by atoms with Gasteiger partial charge in [0.15, 0.2) is 0 Å². The highest BCUT2D eigenvalue weighted by molar-refractivity contribution is 5.91. The topological polar surface area (TPSA) is 90.5 Å². The molecule has 3 aromatic heterocycles. The highest BCUT2D eigenvalue weighted by Crippen LogP contribution is 2.19. The van der Waals surface area contributed by atoms with Crippen molar-refractivity contribution >= 4 is 28.1 Å². The van der Waals surface area contributed by atoms with Gasteiger partial charge >= 0.3 is 0 Å². The predicted octanol–water partition coefficient (Wildman–Crippen LogP) is 3.57. The number of nitrogens with zero attached hydrogens (tertiary/aromatic N) is 4. The Bertz CT molecular complexity index is 1500. The molecule has 0 bridgehead atoms. The minimum absolute atomic E-state index is 0.137. The number of hydrogen-bond donors (Lipinski definition) is 1. The van der Waals surface area contributed by atoms with Crippen molar-refractivity contribution < 1.29 is 9.53 Å². The van der Waals surface area contributed by atoms with Crippen molar-refractivity contribution in [1.82, 2.24) is 18.9 Å². The molecule has 0 aliphatic rings. The molecule has 8 heteroatoms. The molecule has 2 aromatic carbocycles. The first-order chi connectivity index (χ1) is 16.1. The second-order valence-corrected chi connectivity index (χ2v) is 7.71. The Kier molecular flexibility index (Phi) is 5.32.